The summed E-state index contributed by atoms with van der Waals surface area (Å²) in [4.78, 5) is 8.96. The normalized spacial score (nSPS) is 15.6. The molecule has 20 heavy (non-hydrogen) atoms. The molecule has 3 nitrogen and oxygen atoms in total. The van der Waals surface area contributed by atoms with Crippen molar-refractivity contribution in [3.8, 4) is 0 Å². The first-order chi connectivity index (χ1) is 9.74. The fourth-order valence-electron chi connectivity index (χ4n) is 2.32. The maximum absolute atomic E-state index is 6.02. The van der Waals surface area contributed by atoms with E-state index in [1.54, 1.807) is 6.07 Å². The molecule has 5 heteroatoms. The van der Waals surface area contributed by atoms with E-state index >= 15 is 0 Å². The highest BCUT2D eigenvalue weighted by atomic mass is 35.5. The molecular formula is C15H13Cl2N3. The van der Waals surface area contributed by atoms with Gasteiger partial charge in [0.1, 0.15) is 11.0 Å². The number of nitrogens with zero attached hydrogens (tertiary/aromatic N) is 2. The Morgan fingerprint density at radius 2 is 1.85 bits per heavy atom. The molecule has 0 radical (unpaired) electrons. The first-order valence-corrected chi connectivity index (χ1v) is 7.16. The lowest BCUT2D eigenvalue weighted by Gasteiger charge is -2.18. The fraction of sp³-hybridized carbons (Fsp3) is 0.200. The highest BCUT2D eigenvalue weighted by Crippen LogP contribution is 2.27. The van der Waals surface area contributed by atoms with Gasteiger partial charge in [-0.2, -0.15) is 0 Å². The second-order valence-corrected chi connectivity index (χ2v) is 5.39. The van der Waals surface area contributed by atoms with Crippen molar-refractivity contribution >= 4 is 29.0 Å². The van der Waals surface area contributed by atoms with Crippen LogP contribution >= 0.6 is 23.2 Å². The summed E-state index contributed by atoms with van der Waals surface area (Å²) in [6, 6.07) is 13.4. The van der Waals surface area contributed by atoms with Gasteiger partial charge >= 0.3 is 0 Å². The third kappa shape index (κ3) is 2.79. The number of hydrogen-bond donors (Lipinski definition) is 1. The highest BCUT2D eigenvalue weighted by molar-refractivity contribution is 6.30. The zero-order chi connectivity index (χ0) is 13.9. The molecule has 3 rings (SSSR count). The molecule has 1 aromatic carbocycles. The van der Waals surface area contributed by atoms with Crippen molar-refractivity contribution in [2.24, 2.45) is 4.99 Å². The third-order valence-electron chi connectivity index (χ3n) is 3.21. The minimum atomic E-state index is -0.0338. The molecule has 1 aromatic heterocycles. The van der Waals surface area contributed by atoms with Gasteiger partial charge in [0, 0.05) is 11.6 Å². The van der Waals surface area contributed by atoms with Gasteiger partial charge in [-0.15, -0.1) is 0 Å². The van der Waals surface area contributed by atoms with Crippen molar-refractivity contribution in [2.45, 2.75) is 5.92 Å². The number of pyridine rings is 1. The topological polar surface area (TPSA) is 37.3 Å². The number of benzene rings is 1. The lowest BCUT2D eigenvalue weighted by atomic mass is 9.94. The average Bonchev–Trinajstić information content (AvgIpc) is 2.95. The third-order valence-corrected chi connectivity index (χ3v) is 3.67. The van der Waals surface area contributed by atoms with Gasteiger partial charge in [-0.3, -0.25) is 4.99 Å². The van der Waals surface area contributed by atoms with Gasteiger partial charge in [0.2, 0.25) is 0 Å². The van der Waals surface area contributed by atoms with E-state index < -0.39 is 0 Å². The summed E-state index contributed by atoms with van der Waals surface area (Å²) in [5.41, 5.74) is 1.98. The molecule has 0 spiro atoms. The van der Waals surface area contributed by atoms with Crippen LogP contribution in [0.3, 0.4) is 0 Å². The number of aliphatic imine (C=N–C) groups is 1. The average molecular weight is 306 g/mol. The maximum atomic E-state index is 6.02. The lowest BCUT2D eigenvalue weighted by molar-refractivity contribution is 0.918. The summed E-state index contributed by atoms with van der Waals surface area (Å²) in [7, 11) is 0. The summed E-state index contributed by atoms with van der Waals surface area (Å²) in [6.07, 6.45) is 0. The van der Waals surface area contributed by atoms with E-state index in [0.29, 0.717) is 10.2 Å². The Hall–Kier alpha value is -1.58. The van der Waals surface area contributed by atoms with E-state index in [-0.39, 0.29) is 5.92 Å². The maximum Gasteiger partial charge on any atom is 0.129 e. The first-order valence-electron chi connectivity index (χ1n) is 6.40. The Balaban J connectivity index is 2.06. The molecular weight excluding hydrogens is 293 g/mol. The van der Waals surface area contributed by atoms with E-state index in [0.717, 1.165) is 30.2 Å². The van der Waals surface area contributed by atoms with E-state index in [1.165, 1.54) is 0 Å². The smallest absolute Gasteiger partial charge is 0.129 e. The molecule has 1 N–H and O–H groups in total. The lowest BCUT2D eigenvalue weighted by Crippen LogP contribution is -2.27. The van der Waals surface area contributed by atoms with Gasteiger partial charge in [-0.25, -0.2) is 4.98 Å². The van der Waals surface area contributed by atoms with Crippen molar-refractivity contribution in [1.29, 1.82) is 0 Å². The molecule has 0 bridgehead atoms. The summed E-state index contributed by atoms with van der Waals surface area (Å²) in [5.74, 6) is 0.899. The van der Waals surface area contributed by atoms with Gasteiger partial charge in [0.15, 0.2) is 0 Å². The molecule has 2 heterocycles. The number of nitrogens with one attached hydrogen (secondary N) is 1. The van der Waals surface area contributed by atoms with Crippen LogP contribution in [0.5, 0.6) is 0 Å². The molecule has 2 aromatic rings. The molecule has 0 saturated carbocycles. The Morgan fingerprint density at radius 3 is 2.50 bits per heavy atom. The first kappa shape index (κ1) is 13.4. The van der Waals surface area contributed by atoms with Crippen molar-refractivity contribution in [3.05, 3.63) is 63.9 Å². The number of aromatic nitrogens is 1. The minimum absolute atomic E-state index is 0.0338. The zero-order valence-corrected chi connectivity index (χ0v) is 12.2. The second kappa shape index (κ2) is 5.81. The van der Waals surface area contributed by atoms with Crippen LogP contribution in [0.15, 0.2) is 47.5 Å². The Morgan fingerprint density at radius 1 is 1.05 bits per heavy atom. The fourth-order valence-corrected chi connectivity index (χ4v) is 2.61. The van der Waals surface area contributed by atoms with Crippen LogP contribution < -0.4 is 5.32 Å². The van der Waals surface area contributed by atoms with Gasteiger partial charge < -0.3 is 5.32 Å². The molecule has 0 fully saturated rings. The Bertz CT molecular complexity index is 638. The number of hydrogen-bond acceptors (Lipinski definition) is 3. The number of amidine groups is 1. The van der Waals surface area contributed by atoms with Crippen LogP contribution in [-0.4, -0.2) is 23.9 Å². The van der Waals surface area contributed by atoms with Crippen LogP contribution in [0.4, 0.5) is 0 Å². The standard InChI is InChI=1S/C15H13Cl2N3/c16-11-6-4-10(5-7-11)14(15-18-8-9-19-15)12-2-1-3-13(17)20-12/h1-7,14H,8-9H2,(H,18,19). The minimum Gasteiger partial charge on any atom is -0.371 e. The molecule has 1 unspecified atom stereocenters. The van der Waals surface area contributed by atoms with Crippen LogP contribution in [0.1, 0.15) is 17.2 Å². The van der Waals surface area contributed by atoms with E-state index in [9.17, 15) is 0 Å². The van der Waals surface area contributed by atoms with Gasteiger partial charge in [0.05, 0.1) is 18.2 Å². The van der Waals surface area contributed by atoms with E-state index in [1.807, 2.05) is 36.4 Å². The predicted octanol–water partition coefficient (Wildman–Crippen LogP) is 3.52. The van der Waals surface area contributed by atoms with Gasteiger partial charge in [0.25, 0.3) is 0 Å². The molecule has 0 amide bonds. The Kier molecular flexibility index (Phi) is 3.90. The molecule has 1 atom stereocenters. The van der Waals surface area contributed by atoms with Crippen molar-refractivity contribution < 1.29 is 0 Å². The summed E-state index contributed by atoms with van der Waals surface area (Å²) >= 11 is 12.0. The predicted molar refractivity (Wildman–Crippen MR) is 82.8 cm³/mol. The second-order valence-electron chi connectivity index (χ2n) is 4.56. The summed E-state index contributed by atoms with van der Waals surface area (Å²) < 4.78 is 0. The number of rotatable bonds is 3. The largest absolute Gasteiger partial charge is 0.371 e. The Labute approximate surface area is 127 Å². The van der Waals surface area contributed by atoms with Crippen LogP contribution in [0.2, 0.25) is 10.2 Å². The molecule has 0 saturated heterocycles. The molecule has 1 aliphatic rings. The molecule has 1 aliphatic heterocycles. The monoisotopic (exact) mass is 305 g/mol. The SMILES string of the molecule is Clc1ccc(C(C2=NCCN2)c2cccc(Cl)n2)cc1. The summed E-state index contributed by atoms with van der Waals surface area (Å²) in [6.45, 7) is 1.65. The van der Waals surface area contributed by atoms with E-state index in [4.69, 9.17) is 23.2 Å². The quantitative estimate of drug-likeness (QED) is 0.881. The van der Waals surface area contributed by atoms with Crippen molar-refractivity contribution in [1.82, 2.24) is 10.3 Å². The van der Waals surface area contributed by atoms with Crippen molar-refractivity contribution in [3.63, 3.8) is 0 Å². The highest BCUT2D eigenvalue weighted by Gasteiger charge is 2.24. The van der Waals surface area contributed by atoms with Crippen molar-refractivity contribution in [2.75, 3.05) is 13.1 Å². The number of halogens is 2. The zero-order valence-electron chi connectivity index (χ0n) is 10.7. The van der Waals surface area contributed by atoms with Gasteiger partial charge in [-0.05, 0) is 29.8 Å². The summed E-state index contributed by atoms with van der Waals surface area (Å²) in [5, 5.41) is 4.52. The van der Waals surface area contributed by atoms with Crippen LogP contribution in [0.25, 0.3) is 0 Å². The van der Waals surface area contributed by atoms with Gasteiger partial charge in [-0.1, -0.05) is 41.4 Å². The molecule has 102 valence electrons. The van der Waals surface area contributed by atoms with Crippen LogP contribution in [-0.2, 0) is 0 Å². The molecule has 0 aliphatic carbocycles. The van der Waals surface area contributed by atoms with Crippen LogP contribution in [0, 0.1) is 0 Å². The van der Waals surface area contributed by atoms with E-state index in [2.05, 4.69) is 15.3 Å².